The van der Waals surface area contributed by atoms with E-state index in [1.165, 1.54) is 81.9 Å². The van der Waals surface area contributed by atoms with Gasteiger partial charge in [-0.15, -0.1) is 0 Å². The molecule has 0 bridgehead atoms. The monoisotopic (exact) mass is 1220 g/mol. The van der Waals surface area contributed by atoms with Crippen molar-refractivity contribution in [2.24, 2.45) is 5.92 Å². The highest BCUT2D eigenvalue weighted by molar-refractivity contribution is 6.05. The Kier molecular flexibility index (Phi) is 34.9. The number of phenols is 5. The highest BCUT2D eigenvalue weighted by Crippen LogP contribution is 2.47. The number of Topliss-reactive ketones (excluding diaryl/α,β-unsaturated/α-hetero) is 1. The molecule has 0 aliphatic carbocycles. The Morgan fingerprint density at radius 2 is 0.841 bits per heavy atom. The van der Waals surface area contributed by atoms with Gasteiger partial charge in [-0.2, -0.15) is 0 Å². The van der Waals surface area contributed by atoms with Gasteiger partial charge in [0.05, 0.1) is 81.9 Å². The topological polar surface area (TPSA) is 262 Å². The zero-order valence-electron chi connectivity index (χ0n) is 54.8. The molecule has 0 spiro atoms. The minimum Gasteiger partial charge on any atom is -0.504 e. The normalized spacial score (nSPS) is 11.2. The van der Waals surface area contributed by atoms with Crippen LogP contribution in [0.15, 0.2) is 116 Å². The van der Waals surface area contributed by atoms with Gasteiger partial charge in [0.25, 0.3) is 0 Å². The smallest absolute Gasteiger partial charge is 0.204 e. The summed E-state index contributed by atoms with van der Waals surface area (Å²) in [6.45, 7) is 24.3. The molecule has 6 aromatic carbocycles. The first-order chi connectivity index (χ1) is 42.6. The molecule has 9 rings (SSSR count). The van der Waals surface area contributed by atoms with Crippen LogP contribution in [0.1, 0.15) is 128 Å². The number of hydrogen-bond donors (Lipinski definition) is 5. The molecule has 5 N–H and O–H groups in total. The number of carbonyl (C=O) groups is 1. The first-order valence-electron chi connectivity index (χ1n) is 29.2. The Hall–Kier alpha value is -9.39. The molecule has 88 heavy (non-hydrogen) atoms. The Morgan fingerprint density at radius 3 is 1.24 bits per heavy atom. The molecule has 0 saturated carbocycles. The fourth-order valence-corrected chi connectivity index (χ4v) is 8.45. The van der Waals surface area contributed by atoms with Crippen molar-refractivity contribution in [2.45, 2.75) is 109 Å². The second kappa shape index (κ2) is 40.1. The summed E-state index contributed by atoms with van der Waals surface area (Å²) >= 11 is 0. The van der Waals surface area contributed by atoms with Crippen molar-refractivity contribution < 1.29 is 81.8 Å². The summed E-state index contributed by atoms with van der Waals surface area (Å²) in [6.07, 6.45) is 5.17. The lowest BCUT2D eigenvalue weighted by atomic mass is 9.89. The summed E-state index contributed by atoms with van der Waals surface area (Å²) in [5.41, 5.74) is 3.62. The van der Waals surface area contributed by atoms with E-state index in [4.69, 9.17) is 51.5 Å². The minimum atomic E-state index is -0.756. The van der Waals surface area contributed by atoms with E-state index in [2.05, 4.69) is 13.8 Å². The zero-order chi connectivity index (χ0) is 66.8. The number of ketones is 1. The van der Waals surface area contributed by atoms with Gasteiger partial charge in [-0.05, 0) is 47.4 Å². The molecule has 482 valence electrons. The molecule has 0 saturated heterocycles. The highest BCUT2D eigenvalue weighted by Gasteiger charge is 2.34. The van der Waals surface area contributed by atoms with Crippen LogP contribution < -0.4 is 53.5 Å². The number of carbonyl (C=O) groups excluding carboxylic acids is 1. The molecule has 19 nitrogen and oxygen atoms in total. The van der Waals surface area contributed by atoms with Crippen LogP contribution in [0.4, 0.5) is 0 Å². The maximum absolute atomic E-state index is 13.1. The number of ether oxygens (including phenoxy) is 9. The van der Waals surface area contributed by atoms with Gasteiger partial charge in [-0.1, -0.05) is 132 Å². The van der Waals surface area contributed by atoms with Crippen LogP contribution in [0.2, 0.25) is 0 Å². The van der Waals surface area contributed by atoms with Crippen molar-refractivity contribution in [3.05, 3.63) is 151 Å². The van der Waals surface area contributed by atoms with Gasteiger partial charge in [0.1, 0.15) is 33.3 Å². The fourth-order valence-electron chi connectivity index (χ4n) is 8.45. The summed E-state index contributed by atoms with van der Waals surface area (Å²) in [7, 11) is 11.8. The van der Waals surface area contributed by atoms with Gasteiger partial charge in [0.15, 0.2) is 74.1 Å². The van der Waals surface area contributed by atoms with E-state index in [0.717, 1.165) is 17.2 Å². The number of benzene rings is 6. The number of phenolic OH excluding ortho intramolecular Hbond substituents is 5. The summed E-state index contributed by atoms with van der Waals surface area (Å²) < 4.78 is 58.8. The van der Waals surface area contributed by atoms with Crippen molar-refractivity contribution in [3.63, 3.8) is 0 Å². The molecule has 0 fully saturated rings. The third kappa shape index (κ3) is 19.1. The van der Waals surface area contributed by atoms with Gasteiger partial charge in [-0.25, -0.2) is 0 Å². The quantitative estimate of drug-likeness (QED) is 0.0634. The highest BCUT2D eigenvalue weighted by atomic mass is 16.5. The number of aromatic hydroxyl groups is 5. The molecule has 1 aliphatic heterocycles. The lowest BCUT2D eigenvalue weighted by Gasteiger charge is -2.25. The first-order valence-corrected chi connectivity index (χ1v) is 29.2. The molecular formula is C69H92O19. The largest absolute Gasteiger partial charge is 0.504 e. The second-order valence-corrected chi connectivity index (χ2v) is 17.3. The Bertz CT molecular complexity index is 3510. The molecule has 3 heterocycles. The van der Waals surface area contributed by atoms with Gasteiger partial charge >= 0.3 is 0 Å². The number of fused-ring (bicyclic) bond motifs is 3. The lowest BCUT2D eigenvalue weighted by Crippen LogP contribution is -2.29. The lowest BCUT2D eigenvalue weighted by molar-refractivity contribution is 0.0824. The minimum absolute atomic E-state index is 0.00385. The van der Waals surface area contributed by atoms with Crippen LogP contribution in [0.3, 0.4) is 0 Å². The number of hydrogen-bond acceptors (Lipinski definition) is 19. The SMILES string of the molecule is CC.CC.CC.CC.CC.CCC.COc1cc2occ(Cc3ccccc3)c(=O)c2c(OC)c1OC.COc1ccc(CC2COc3cc(O)c(O)c(O)c3C2=O)cc1O.COc1ccc(Cc2coc3cc(OC)c(OC)c(OC)c3c2=O)cc1O. The van der Waals surface area contributed by atoms with Gasteiger partial charge < -0.3 is 77.0 Å². The van der Waals surface area contributed by atoms with Crippen molar-refractivity contribution >= 4 is 27.7 Å². The summed E-state index contributed by atoms with van der Waals surface area (Å²) in [6, 6.07) is 23.8. The molecule has 19 heteroatoms. The predicted molar refractivity (Wildman–Crippen MR) is 347 cm³/mol. The van der Waals surface area contributed by atoms with E-state index < -0.39 is 28.9 Å². The maximum Gasteiger partial charge on any atom is 0.204 e. The molecule has 1 unspecified atom stereocenters. The van der Waals surface area contributed by atoms with E-state index >= 15 is 0 Å². The average molecular weight is 1230 g/mol. The van der Waals surface area contributed by atoms with Gasteiger partial charge in [-0.3, -0.25) is 14.4 Å². The predicted octanol–water partition coefficient (Wildman–Crippen LogP) is 15.0. The maximum atomic E-state index is 13.1. The van der Waals surface area contributed by atoms with Crippen LogP contribution in [0.25, 0.3) is 21.9 Å². The fraction of sp³-hybridized carbons (Fsp3) is 0.377. The molecule has 0 amide bonds. The molecule has 1 aliphatic rings. The van der Waals surface area contributed by atoms with Crippen LogP contribution in [-0.4, -0.2) is 94.8 Å². The Morgan fingerprint density at radius 1 is 0.443 bits per heavy atom. The van der Waals surface area contributed by atoms with Crippen molar-refractivity contribution in [2.75, 3.05) is 63.5 Å². The first kappa shape index (κ1) is 76.6. The van der Waals surface area contributed by atoms with E-state index in [9.17, 15) is 39.9 Å². The summed E-state index contributed by atoms with van der Waals surface area (Å²) in [5, 5.41) is 49.4. The van der Waals surface area contributed by atoms with E-state index in [-0.39, 0.29) is 64.3 Å². The standard InChI is InChI=1S/C20H20O7.C19H18O5.C17H16O7.C3H8.5C2H6/c1-23-14-6-5-11(8-13(14)21)7-12-10-27-15-9-16(24-2)19(25-3)20(26-4)17(15)18(12)22;1-21-15-10-14-16(19(23-3)18(15)22-2)17(20)13(11-24-14)9-12-7-5-4-6-8-12;1-23-12-3-2-8(5-10(12)18)4-9-7-24-13-6-11(19)16(21)17(22)14(13)15(9)20;1-3-2;5*1-2/h5-6,8-10,21H,7H2,1-4H3;4-8,10-11H,9H2,1-3H3;2-3,5-6,9,18-19,21-22H,4,7H2,1H3;3H2,1-2H3;5*1-2H3. The molecular weight excluding hydrogens is 1130 g/mol. The van der Waals surface area contributed by atoms with E-state index in [1.54, 1.807) is 42.5 Å². The Labute approximate surface area is 517 Å². The van der Waals surface area contributed by atoms with Crippen LogP contribution in [0.5, 0.6) is 80.5 Å². The van der Waals surface area contributed by atoms with Crippen molar-refractivity contribution in [3.8, 4) is 80.5 Å². The van der Waals surface area contributed by atoms with Crippen LogP contribution in [0, 0.1) is 5.92 Å². The van der Waals surface area contributed by atoms with Crippen molar-refractivity contribution in [1.82, 2.24) is 0 Å². The number of rotatable bonds is 14. The summed E-state index contributed by atoms with van der Waals surface area (Å²) in [4.78, 5) is 38.6. The van der Waals surface area contributed by atoms with Crippen LogP contribution >= 0.6 is 0 Å². The zero-order valence-corrected chi connectivity index (χ0v) is 54.8. The van der Waals surface area contributed by atoms with Crippen LogP contribution in [-0.2, 0) is 19.3 Å². The molecule has 8 aromatic rings. The van der Waals surface area contributed by atoms with E-state index in [1.807, 2.05) is 99.6 Å². The van der Waals surface area contributed by atoms with E-state index in [0.29, 0.717) is 79.9 Å². The van der Waals surface area contributed by atoms with Gasteiger partial charge in [0, 0.05) is 42.2 Å². The Balaban J connectivity index is 0.000000603. The molecule has 1 atom stereocenters. The average Bonchev–Trinajstić information content (AvgIpc) is 1.95. The molecule has 2 aromatic heterocycles. The third-order valence-electron chi connectivity index (χ3n) is 12.2. The second-order valence-electron chi connectivity index (χ2n) is 17.3. The van der Waals surface area contributed by atoms with Gasteiger partial charge in [0.2, 0.25) is 17.2 Å². The third-order valence-corrected chi connectivity index (χ3v) is 12.2. The number of methoxy groups -OCH3 is 8. The summed E-state index contributed by atoms with van der Waals surface area (Å²) in [5.74, 6) is -0.223. The van der Waals surface area contributed by atoms with Crippen molar-refractivity contribution in [1.29, 1.82) is 0 Å². The molecule has 0 radical (unpaired) electrons.